The fraction of sp³-hybridized carbons (Fsp3) is 0.545. The van der Waals surface area contributed by atoms with Crippen molar-refractivity contribution in [1.29, 1.82) is 0 Å². The zero-order valence-corrected chi connectivity index (χ0v) is 9.80. The normalized spacial score (nSPS) is 12.9. The predicted molar refractivity (Wildman–Crippen MR) is 60.4 cm³/mol. The summed E-state index contributed by atoms with van der Waals surface area (Å²) in [5, 5.41) is 2.91. The van der Waals surface area contributed by atoms with Gasteiger partial charge in [-0.1, -0.05) is 0 Å². The molecule has 1 N–H and O–H groups in total. The van der Waals surface area contributed by atoms with Crippen LogP contribution in [-0.2, 0) is 0 Å². The van der Waals surface area contributed by atoms with Crippen LogP contribution in [0, 0.1) is 11.6 Å². The summed E-state index contributed by atoms with van der Waals surface area (Å²) < 4.78 is 25.8. The predicted octanol–water partition coefficient (Wildman–Crippen LogP) is 2.11. The van der Waals surface area contributed by atoms with Gasteiger partial charge in [-0.3, -0.25) is 0 Å². The van der Waals surface area contributed by atoms with Gasteiger partial charge in [0.05, 0.1) is 6.20 Å². The Hall–Kier alpha value is -1.23. The molecule has 0 radical (unpaired) electrons. The van der Waals surface area contributed by atoms with Crippen molar-refractivity contribution in [2.24, 2.45) is 0 Å². The Kier molecular flexibility index (Phi) is 4.61. The lowest BCUT2D eigenvalue weighted by atomic mass is 10.2. The minimum atomic E-state index is -0.663. The molecule has 0 saturated carbocycles. The van der Waals surface area contributed by atoms with E-state index in [0.29, 0.717) is 0 Å². The number of anilines is 1. The molecule has 0 spiro atoms. The Morgan fingerprint density at radius 1 is 1.44 bits per heavy atom. The first-order chi connectivity index (χ1) is 7.49. The molecule has 1 rings (SSSR count). The molecule has 0 aliphatic rings. The van der Waals surface area contributed by atoms with E-state index in [9.17, 15) is 8.78 Å². The maximum absolute atomic E-state index is 13.2. The topological polar surface area (TPSA) is 28.2 Å². The molecule has 0 bridgehead atoms. The Morgan fingerprint density at radius 2 is 2.12 bits per heavy atom. The summed E-state index contributed by atoms with van der Waals surface area (Å²) in [5.41, 5.74) is 0. The molecule has 1 unspecified atom stereocenters. The maximum Gasteiger partial charge on any atom is 0.168 e. The first-order valence-corrected chi connectivity index (χ1v) is 5.21. The van der Waals surface area contributed by atoms with E-state index in [1.165, 1.54) is 0 Å². The van der Waals surface area contributed by atoms with Crippen molar-refractivity contribution >= 4 is 5.82 Å². The van der Waals surface area contributed by atoms with Crippen molar-refractivity contribution in [3.63, 3.8) is 0 Å². The quantitative estimate of drug-likeness (QED) is 0.838. The number of nitrogens with one attached hydrogen (secondary N) is 1. The molecule has 16 heavy (non-hydrogen) atoms. The lowest BCUT2D eigenvalue weighted by Crippen LogP contribution is -2.23. The minimum Gasteiger partial charge on any atom is -0.365 e. The van der Waals surface area contributed by atoms with E-state index >= 15 is 0 Å². The molecule has 3 nitrogen and oxygen atoms in total. The van der Waals surface area contributed by atoms with Gasteiger partial charge in [0.25, 0.3) is 0 Å². The molecular formula is C11H17F2N3. The van der Waals surface area contributed by atoms with Gasteiger partial charge in [-0.15, -0.1) is 0 Å². The molecule has 0 aromatic carbocycles. The number of rotatable bonds is 5. The van der Waals surface area contributed by atoms with Crippen LogP contribution >= 0.6 is 0 Å². The summed E-state index contributed by atoms with van der Waals surface area (Å²) in [6, 6.07) is 0.920. The van der Waals surface area contributed by atoms with Crippen LogP contribution in [0.3, 0.4) is 0 Å². The molecule has 1 aromatic heterocycles. The van der Waals surface area contributed by atoms with Gasteiger partial charge >= 0.3 is 0 Å². The number of halogens is 2. The maximum atomic E-state index is 13.2. The Morgan fingerprint density at radius 3 is 2.69 bits per heavy atom. The summed E-state index contributed by atoms with van der Waals surface area (Å²) in [7, 11) is 3.95. The van der Waals surface area contributed by atoms with Crippen molar-refractivity contribution in [1.82, 2.24) is 9.88 Å². The largest absolute Gasteiger partial charge is 0.365 e. The molecule has 1 atom stereocenters. The van der Waals surface area contributed by atoms with Gasteiger partial charge in [0, 0.05) is 12.1 Å². The Balaban J connectivity index is 2.52. The van der Waals surface area contributed by atoms with E-state index in [1.807, 2.05) is 25.9 Å². The number of nitrogens with zero attached hydrogens (tertiary/aromatic N) is 2. The first-order valence-electron chi connectivity index (χ1n) is 5.21. The van der Waals surface area contributed by atoms with E-state index in [-0.39, 0.29) is 11.9 Å². The number of hydrogen-bond acceptors (Lipinski definition) is 3. The molecule has 1 aromatic rings. The van der Waals surface area contributed by atoms with Gasteiger partial charge < -0.3 is 10.2 Å². The fourth-order valence-electron chi connectivity index (χ4n) is 1.28. The van der Waals surface area contributed by atoms with Gasteiger partial charge in [0.1, 0.15) is 5.82 Å². The van der Waals surface area contributed by atoms with E-state index in [1.54, 1.807) is 0 Å². The second-order valence-corrected chi connectivity index (χ2v) is 4.12. The van der Waals surface area contributed by atoms with Crippen LogP contribution in [-0.4, -0.2) is 36.6 Å². The summed E-state index contributed by atoms with van der Waals surface area (Å²) >= 11 is 0. The highest BCUT2D eigenvalue weighted by molar-refractivity contribution is 5.36. The van der Waals surface area contributed by atoms with E-state index in [2.05, 4.69) is 10.3 Å². The highest BCUT2D eigenvalue weighted by Gasteiger charge is 2.08. The van der Waals surface area contributed by atoms with Gasteiger partial charge in [-0.2, -0.15) is 0 Å². The van der Waals surface area contributed by atoms with Gasteiger partial charge in [-0.25, -0.2) is 13.8 Å². The van der Waals surface area contributed by atoms with Crippen LogP contribution in [0.2, 0.25) is 0 Å². The molecule has 1 heterocycles. The van der Waals surface area contributed by atoms with Crippen LogP contribution in [0.4, 0.5) is 14.6 Å². The average Bonchev–Trinajstić information content (AvgIpc) is 2.19. The molecule has 90 valence electrons. The zero-order chi connectivity index (χ0) is 12.1. The van der Waals surface area contributed by atoms with E-state index in [4.69, 9.17) is 0 Å². The third-order valence-electron chi connectivity index (χ3n) is 2.20. The SMILES string of the molecule is CC(CCN(C)C)Nc1ncc(F)cc1F. The van der Waals surface area contributed by atoms with Gasteiger partial charge in [-0.05, 0) is 34.0 Å². The van der Waals surface area contributed by atoms with Crippen LogP contribution in [0.1, 0.15) is 13.3 Å². The summed E-state index contributed by atoms with van der Waals surface area (Å²) in [6.45, 7) is 2.84. The molecule has 0 amide bonds. The fourth-order valence-corrected chi connectivity index (χ4v) is 1.28. The monoisotopic (exact) mass is 229 g/mol. The third kappa shape index (κ3) is 4.10. The second kappa shape index (κ2) is 5.75. The first kappa shape index (κ1) is 12.8. The Labute approximate surface area is 94.5 Å². The molecule has 0 fully saturated rings. The van der Waals surface area contributed by atoms with Crippen molar-refractivity contribution in [3.8, 4) is 0 Å². The summed E-state index contributed by atoms with van der Waals surface area (Å²) in [4.78, 5) is 5.72. The number of aromatic nitrogens is 1. The van der Waals surface area contributed by atoms with E-state index in [0.717, 1.165) is 25.2 Å². The highest BCUT2D eigenvalue weighted by atomic mass is 19.1. The highest BCUT2D eigenvalue weighted by Crippen LogP contribution is 2.13. The molecule has 0 aliphatic heterocycles. The number of hydrogen-bond donors (Lipinski definition) is 1. The van der Waals surface area contributed by atoms with Crippen LogP contribution in [0.25, 0.3) is 0 Å². The molecule has 5 heteroatoms. The average molecular weight is 229 g/mol. The van der Waals surface area contributed by atoms with Crippen LogP contribution in [0.5, 0.6) is 0 Å². The lowest BCUT2D eigenvalue weighted by Gasteiger charge is -2.17. The lowest BCUT2D eigenvalue weighted by molar-refractivity contribution is 0.390. The van der Waals surface area contributed by atoms with Gasteiger partial charge in [0.2, 0.25) is 0 Å². The van der Waals surface area contributed by atoms with Crippen molar-refractivity contribution in [3.05, 3.63) is 23.9 Å². The molecule has 0 aliphatic carbocycles. The summed E-state index contributed by atoms with van der Waals surface area (Å²) in [6.07, 6.45) is 1.87. The summed E-state index contributed by atoms with van der Waals surface area (Å²) in [5.74, 6) is -1.21. The third-order valence-corrected chi connectivity index (χ3v) is 2.20. The zero-order valence-electron chi connectivity index (χ0n) is 9.80. The van der Waals surface area contributed by atoms with Crippen molar-refractivity contribution < 1.29 is 8.78 Å². The standard InChI is InChI=1S/C11H17F2N3/c1-8(4-5-16(2)3)15-11-10(13)6-9(12)7-14-11/h6-8H,4-5H2,1-3H3,(H,14,15). The van der Waals surface area contributed by atoms with Gasteiger partial charge in [0.15, 0.2) is 11.6 Å². The molecule has 0 saturated heterocycles. The van der Waals surface area contributed by atoms with Crippen molar-refractivity contribution in [2.45, 2.75) is 19.4 Å². The van der Waals surface area contributed by atoms with Crippen LogP contribution < -0.4 is 5.32 Å². The van der Waals surface area contributed by atoms with Crippen LogP contribution in [0.15, 0.2) is 12.3 Å². The number of pyridine rings is 1. The van der Waals surface area contributed by atoms with Crippen molar-refractivity contribution in [2.75, 3.05) is 26.0 Å². The Bertz CT molecular complexity index is 342. The second-order valence-electron chi connectivity index (χ2n) is 4.12. The smallest absolute Gasteiger partial charge is 0.168 e. The minimum absolute atomic E-state index is 0.0925. The van der Waals surface area contributed by atoms with E-state index < -0.39 is 11.6 Å². The molecular weight excluding hydrogens is 212 g/mol.